The Kier molecular flexibility index (Phi) is 4.33. The van der Waals surface area contributed by atoms with E-state index in [-0.39, 0.29) is 23.8 Å². The molecule has 6 heteroatoms. The van der Waals surface area contributed by atoms with Crippen LogP contribution in [-0.4, -0.2) is 28.0 Å². The number of amides is 1. The van der Waals surface area contributed by atoms with Crippen LogP contribution in [0.2, 0.25) is 0 Å². The predicted octanol–water partition coefficient (Wildman–Crippen LogP) is 3.34. The highest BCUT2D eigenvalue weighted by Gasteiger charge is 2.25. The molecule has 2 aromatic heterocycles. The van der Waals surface area contributed by atoms with Crippen LogP contribution < -0.4 is 10.1 Å². The summed E-state index contributed by atoms with van der Waals surface area (Å²) in [6, 6.07) is 8.15. The fourth-order valence-corrected chi connectivity index (χ4v) is 3.28. The average Bonchev–Trinajstić information content (AvgIpc) is 3.19. The maximum atomic E-state index is 12.0. The molecule has 0 bridgehead atoms. The van der Waals surface area contributed by atoms with Gasteiger partial charge in [0.2, 0.25) is 5.76 Å². The molecule has 0 aliphatic heterocycles. The van der Waals surface area contributed by atoms with Crippen LogP contribution in [0.4, 0.5) is 0 Å². The summed E-state index contributed by atoms with van der Waals surface area (Å²) in [5.41, 5.74) is 0. The Morgan fingerprint density at radius 3 is 2.80 bits per heavy atom. The van der Waals surface area contributed by atoms with Gasteiger partial charge in [0.1, 0.15) is 5.75 Å². The van der Waals surface area contributed by atoms with E-state index in [1.807, 2.05) is 30.5 Å². The number of rotatable bonds is 4. The molecular formula is C19H19N3O3. The molecule has 6 nitrogen and oxygen atoms in total. The lowest BCUT2D eigenvalue weighted by Gasteiger charge is -2.29. The lowest BCUT2D eigenvalue weighted by atomic mass is 9.92. The summed E-state index contributed by atoms with van der Waals surface area (Å²) in [5.74, 6) is 0.945. The van der Waals surface area contributed by atoms with Crippen molar-refractivity contribution in [3.05, 3.63) is 55.0 Å². The lowest BCUT2D eigenvalue weighted by Crippen LogP contribution is -2.39. The number of hydrogen-bond donors (Lipinski definition) is 1. The van der Waals surface area contributed by atoms with Crippen molar-refractivity contribution in [2.45, 2.75) is 37.8 Å². The highest BCUT2D eigenvalue weighted by molar-refractivity contribution is 5.91. The molecule has 2 heterocycles. The number of benzene rings is 1. The number of carbonyl (C=O) groups is 1. The zero-order chi connectivity index (χ0) is 17.1. The maximum absolute atomic E-state index is 12.0. The van der Waals surface area contributed by atoms with Gasteiger partial charge in [-0.1, -0.05) is 12.1 Å². The third-order valence-corrected chi connectivity index (χ3v) is 4.60. The molecule has 1 saturated carbocycles. The van der Waals surface area contributed by atoms with Gasteiger partial charge < -0.3 is 14.5 Å². The van der Waals surface area contributed by atoms with E-state index in [0.717, 1.165) is 42.2 Å². The molecule has 0 unspecified atom stereocenters. The highest BCUT2D eigenvalue weighted by Crippen LogP contribution is 2.29. The zero-order valence-electron chi connectivity index (χ0n) is 13.7. The van der Waals surface area contributed by atoms with Crippen LogP contribution in [0.5, 0.6) is 5.75 Å². The smallest absolute Gasteiger partial charge is 0.288 e. The second-order valence-electron chi connectivity index (χ2n) is 6.28. The minimum atomic E-state index is -0.205. The van der Waals surface area contributed by atoms with Crippen LogP contribution in [-0.2, 0) is 0 Å². The Morgan fingerprint density at radius 2 is 2.00 bits per heavy atom. The van der Waals surface area contributed by atoms with Crippen LogP contribution in [0.25, 0.3) is 10.8 Å². The molecule has 1 amide bonds. The van der Waals surface area contributed by atoms with E-state index >= 15 is 0 Å². The summed E-state index contributed by atoms with van der Waals surface area (Å²) in [6.07, 6.45) is 10.1. The van der Waals surface area contributed by atoms with E-state index in [0.29, 0.717) is 0 Å². The molecular weight excluding hydrogens is 318 g/mol. The third kappa shape index (κ3) is 3.47. The summed E-state index contributed by atoms with van der Waals surface area (Å²) in [7, 11) is 0. The van der Waals surface area contributed by atoms with Crippen LogP contribution in [0.15, 0.2) is 53.7 Å². The first-order chi connectivity index (χ1) is 12.3. The van der Waals surface area contributed by atoms with Gasteiger partial charge in [-0.25, -0.2) is 4.98 Å². The number of ether oxygens (including phenoxy) is 1. The van der Waals surface area contributed by atoms with Crippen molar-refractivity contribution in [3.63, 3.8) is 0 Å². The Hall–Kier alpha value is -2.89. The molecule has 3 aromatic rings. The first-order valence-electron chi connectivity index (χ1n) is 8.48. The van der Waals surface area contributed by atoms with Gasteiger partial charge in [0, 0.05) is 29.2 Å². The maximum Gasteiger partial charge on any atom is 0.288 e. The number of pyridine rings is 1. The minimum Gasteiger partial charge on any atom is -0.490 e. The number of aromatic nitrogens is 2. The molecule has 1 fully saturated rings. The summed E-state index contributed by atoms with van der Waals surface area (Å²) in [4.78, 5) is 19.9. The molecule has 0 spiro atoms. The van der Waals surface area contributed by atoms with Gasteiger partial charge in [-0.3, -0.25) is 9.78 Å². The number of nitrogens with zero attached hydrogens (tertiary/aromatic N) is 2. The van der Waals surface area contributed by atoms with Gasteiger partial charge in [-0.15, -0.1) is 0 Å². The number of nitrogens with one attached hydrogen (secondary N) is 1. The normalized spacial score (nSPS) is 20.3. The molecule has 25 heavy (non-hydrogen) atoms. The fraction of sp³-hybridized carbons (Fsp3) is 0.316. The second kappa shape index (κ2) is 6.93. The predicted molar refractivity (Wildman–Crippen MR) is 92.4 cm³/mol. The van der Waals surface area contributed by atoms with Gasteiger partial charge in [0.05, 0.1) is 12.3 Å². The van der Waals surface area contributed by atoms with Gasteiger partial charge in [-0.2, -0.15) is 0 Å². The van der Waals surface area contributed by atoms with Crippen LogP contribution in [0, 0.1) is 0 Å². The van der Waals surface area contributed by atoms with Crippen LogP contribution in [0.3, 0.4) is 0 Å². The molecule has 1 aliphatic carbocycles. The fourth-order valence-electron chi connectivity index (χ4n) is 3.28. The van der Waals surface area contributed by atoms with Crippen molar-refractivity contribution < 1.29 is 13.9 Å². The van der Waals surface area contributed by atoms with E-state index in [1.165, 1.54) is 12.6 Å². The summed E-state index contributed by atoms with van der Waals surface area (Å²) in [5, 5.41) is 5.16. The Balaban J connectivity index is 1.35. The summed E-state index contributed by atoms with van der Waals surface area (Å²) in [6.45, 7) is 0. The van der Waals surface area contributed by atoms with Gasteiger partial charge in [0.15, 0.2) is 6.39 Å². The largest absolute Gasteiger partial charge is 0.490 e. The average molecular weight is 337 g/mol. The number of carbonyl (C=O) groups excluding carboxylic acids is 1. The quantitative estimate of drug-likeness (QED) is 0.790. The van der Waals surface area contributed by atoms with Gasteiger partial charge in [0.25, 0.3) is 5.91 Å². The van der Waals surface area contributed by atoms with Crippen molar-refractivity contribution in [2.75, 3.05) is 0 Å². The molecule has 4 rings (SSSR count). The SMILES string of the molecule is O=C(NC1CCC(Oc2cccc3cnccc23)CC1)c1cnco1. The second-order valence-corrected chi connectivity index (χ2v) is 6.28. The van der Waals surface area contributed by atoms with E-state index in [2.05, 4.69) is 15.3 Å². The summed E-state index contributed by atoms with van der Waals surface area (Å²) >= 11 is 0. The Morgan fingerprint density at radius 1 is 1.12 bits per heavy atom. The standard InChI is InChI=1S/C19H19N3O3/c23-19(18-11-21-12-24-18)22-14-4-6-15(7-5-14)25-17-3-1-2-13-10-20-9-8-16(13)17/h1-3,8-12,14-15H,4-7H2,(H,22,23). The van der Waals surface area contributed by atoms with Crippen molar-refractivity contribution in [1.29, 1.82) is 0 Å². The molecule has 1 aromatic carbocycles. The van der Waals surface area contributed by atoms with Crippen molar-refractivity contribution in [2.24, 2.45) is 0 Å². The highest BCUT2D eigenvalue weighted by atomic mass is 16.5. The van der Waals surface area contributed by atoms with E-state index in [9.17, 15) is 4.79 Å². The molecule has 1 N–H and O–H groups in total. The number of oxazole rings is 1. The molecule has 128 valence electrons. The number of hydrogen-bond acceptors (Lipinski definition) is 5. The minimum absolute atomic E-state index is 0.147. The third-order valence-electron chi connectivity index (χ3n) is 4.60. The van der Waals surface area contributed by atoms with Crippen molar-refractivity contribution in [3.8, 4) is 5.75 Å². The van der Waals surface area contributed by atoms with Gasteiger partial charge >= 0.3 is 0 Å². The van der Waals surface area contributed by atoms with Gasteiger partial charge in [-0.05, 0) is 37.8 Å². The Bertz CT molecular complexity index is 850. The molecule has 0 radical (unpaired) electrons. The van der Waals surface area contributed by atoms with Crippen molar-refractivity contribution in [1.82, 2.24) is 15.3 Å². The Labute approximate surface area is 145 Å². The zero-order valence-corrected chi connectivity index (χ0v) is 13.7. The molecule has 1 aliphatic rings. The topological polar surface area (TPSA) is 77.2 Å². The molecule has 0 saturated heterocycles. The van der Waals surface area contributed by atoms with E-state index in [4.69, 9.17) is 9.15 Å². The first kappa shape index (κ1) is 15.6. The van der Waals surface area contributed by atoms with E-state index < -0.39 is 0 Å². The lowest BCUT2D eigenvalue weighted by molar-refractivity contribution is 0.0868. The van der Waals surface area contributed by atoms with E-state index in [1.54, 1.807) is 6.20 Å². The first-order valence-corrected chi connectivity index (χ1v) is 8.48. The summed E-state index contributed by atoms with van der Waals surface area (Å²) < 4.78 is 11.3. The van der Waals surface area contributed by atoms with Crippen LogP contribution in [0.1, 0.15) is 36.2 Å². The number of fused-ring (bicyclic) bond motifs is 1. The van der Waals surface area contributed by atoms with Crippen molar-refractivity contribution >= 4 is 16.7 Å². The molecule has 0 atom stereocenters. The van der Waals surface area contributed by atoms with Crippen LogP contribution >= 0.6 is 0 Å². The monoisotopic (exact) mass is 337 g/mol.